The maximum Gasteiger partial charge on any atom is 0.325 e. The van der Waals surface area contributed by atoms with Crippen molar-refractivity contribution in [2.24, 2.45) is 7.05 Å². The Bertz CT molecular complexity index is 245. The predicted molar refractivity (Wildman–Crippen MR) is 36.8 cm³/mol. The van der Waals surface area contributed by atoms with Crippen LogP contribution < -0.4 is 0 Å². The number of nitrogens with zero attached hydrogens (tertiary/aromatic N) is 2. The number of nitro groups is 1. The summed E-state index contributed by atoms with van der Waals surface area (Å²) >= 11 is 0. The monoisotopic (exact) mass is 140 g/mol. The largest absolute Gasteiger partial charge is 0.358 e. The van der Waals surface area contributed by atoms with Gasteiger partial charge in [0.1, 0.15) is 0 Å². The molecule has 0 amide bonds. The second kappa shape index (κ2) is 2.13. The van der Waals surface area contributed by atoms with Crippen LogP contribution in [0.2, 0.25) is 0 Å². The average Bonchev–Trinajstić information content (AvgIpc) is 2.11. The fourth-order valence-corrected chi connectivity index (χ4v) is 0.920. The third-order valence-electron chi connectivity index (χ3n) is 1.41. The zero-order valence-electron chi connectivity index (χ0n) is 5.87. The molecule has 0 N–H and O–H groups in total. The third kappa shape index (κ3) is 0.877. The van der Waals surface area contributed by atoms with E-state index in [1.165, 1.54) is 4.57 Å². The van der Waals surface area contributed by atoms with Crippen molar-refractivity contribution in [2.45, 2.75) is 6.92 Å². The lowest BCUT2D eigenvalue weighted by Gasteiger charge is -1.94. The normalized spacial score (nSPS) is 9.80. The first kappa shape index (κ1) is 6.80. The molecule has 0 atom stereocenters. The zero-order valence-corrected chi connectivity index (χ0v) is 5.87. The van der Waals surface area contributed by atoms with Gasteiger partial charge in [-0.25, -0.2) is 4.57 Å². The summed E-state index contributed by atoms with van der Waals surface area (Å²) in [5.41, 5.74) is 0.701. The molecular weight excluding hydrogens is 132 g/mol. The molecule has 0 unspecified atom stereocenters. The van der Waals surface area contributed by atoms with Gasteiger partial charge in [-0.15, -0.1) is 0 Å². The Kier molecular flexibility index (Phi) is 1.45. The minimum Gasteiger partial charge on any atom is -0.358 e. The molecule has 0 aliphatic rings. The summed E-state index contributed by atoms with van der Waals surface area (Å²) in [6.07, 6.45) is 1.67. The first-order valence-corrected chi connectivity index (χ1v) is 2.89. The van der Waals surface area contributed by atoms with Crippen LogP contribution in [0.3, 0.4) is 0 Å². The van der Waals surface area contributed by atoms with E-state index in [0.29, 0.717) is 5.56 Å². The lowest BCUT2D eigenvalue weighted by molar-refractivity contribution is -0.392. The number of rotatable bonds is 1. The van der Waals surface area contributed by atoms with Crippen LogP contribution in [0.1, 0.15) is 5.56 Å². The number of hydrogen-bond acceptors (Lipinski definition) is 2. The molecule has 1 rings (SSSR count). The van der Waals surface area contributed by atoms with Gasteiger partial charge in [0.15, 0.2) is 0 Å². The van der Waals surface area contributed by atoms with Crippen LogP contribution in [0.15, 0.2) is 12.3 Å². The van der Waals surface area contributed by atoms with Crippen molar-refractivity contribution in [3.63, 3.8) is 0 Å². The van der Waals surface area contributed by atoms with E-state index in [0.717, 1.165) is 0 Å². The van der Waals surface area contributed by atoms with Crippen molar-refractivity contribution in [2.75, 3.05) is 0 Å². The number of hydrogen-bond donors (Lipinski definition) is 0. The zero-order chi connectivity index (χ0) is 7.72. The van der Waals surface area contributed by atoms with Crippen LogP contribution in [-0.4, -0.2) is 9.49 Å². The van der Waals surface area contributed by atoms with Crippen LogP contribution in [0, 0.1) is 17.0 Å². The summed E-state index contributed by atoms with van der Waals surface area (Å²) in [7, 11) is 1.66. The maximum atomic E-state index is 10.3. The molecule has 0 aromatic carbocycles. The van der Waals surface area contributed by atoms with Gasteiger partial charge in [-0.2, -0.15) is 0 Å². The van der Waals surface area contributed by atoms with Crippen LogP contribution in [0.4, 0.5) is 5.82 Å². The Morgan fingerprint density at radius 1 is 1.70 bits per heavy atom. The van der Waals surface area contributed by atoms with Crippen LogP contribution in [0.5, 0.6) is 0 Å². The fraction of sp³-hybridized carbons (Fsp3) is 0.333. The van der Waals surface area contributed by atoms with Gasteiger partial charge >= 0.3 is 5.82 Å². The summed E-state index contributed by atoms with van der Waals surface area (Å²) < 4.78 is 1.50. The van der Waals surface area contributed by atoms with Crippen molar-refractivity contribution in [3.05, 3.63) is 27.9 Å². The Balaban J connectivity index is 3.23. The highest BCUT2D eigenvalue weighted by Gasteiger charge is 2.11. The minimum absolute atomic E-state index is 0.167. The SMILES string of the molecule is Cc1ccn(C)c1[N+](=O)[O-]. The molecule has 0 spiro atoms. The second-order valence-corrected chi connectivity index (χ2v) is 2.19. The smallest absolute Gasteiger partial charge is 0.325 e. The number of aryl methyl sites for hydroxylation is 2. The molecule has 0 radical (unpaired) electrons. The Hall–Kier alpha value is -1.32. The van der Waals surface area contributed by atoms with Gasteiger partial charge in [0.25, 0.3) is 0 Å². The first-order valence-electron chi connectivity index (χ1n) is 2.89. The van der Waals surface area contributed by atoms with E-state index < -0.39 is 0 Å². The molecule has 0 aliphatic carbocycles. The molecule has 54 valence electrons. The lowest BCUT2D eigenvalue weighted by atomic mass is 10.4. The average molecular weight is 140 g/mol. The highest BCUT2D eigenvalue weighted by molar-refractivity contribution is 5.32. The molecule has 1 aromatic heterocycles. The van der Waals surface area contributed by atoms with Gasteiger partial charge in [0.05, 0.1) is 13.2 Å². The Morgan fingerprint density at radius 3 is 2.50 bits per heavy atom. The molecule has 0 saturated heterocycles. The van der Waals surface area contributed by atoms with Gasteiger partial charge < -0.3 is 10.1 Å². The number of aromatic nitrogens is 1. The molecule has 0 bridgehead atoms. The third-order valence-corrected chi connectivity index (χ3v) is 1.41. The maximum absolute atomic E-state index is 10.3. The van der Waals surface area contributed by atoms with Crippen molar-refractivity contribution in [3.8, 4) is 0 Å². The van der Waals surface area contributed by atoms with E-state index in [1.54, 1.807) is 26.2 Å². The standard InChI is InChI=1S/C6H8N2O2/c1-5-3-4-7(2)6(5)8(9)10/h3-4H,1-2H3. The van der Waals surface area contributed by atoms with Gasteiger partial charge in [0, 0.05) is 5.56 Å². The van der Waals surface area contributed by atoms with E-state index in [2.05, 4.69) is 0 Å². The molecule has 0 aliphatic heterocycles. The molecule has 1 aromatic rings. The van der Waals surface area contributed by atoms with Gasteiger partial charge in [0.2, 0.25) is 0 Å². The van der Waals surface area contributed by atoms with Crippen LogP contribution in [-0.2, 0) is 7.05 Å². The summed E-state index contributed by atoms with van der Waals surface area (Å²) in [6, 6.07) is 1.72. The summed E-state index contributed by atoms with van der Waals surface area (Å²) in [5, 5.41) is 10.3. The molecule has 0 fully saturated rings. The van der Waals surface area contributed by atoms with Gasteiger partial charge in [-0.1, -0.05) is 0 Å². The van der Waals surface area contributed by atoms with E-state index in [1.807, 2.05) is 0 Å². The van der Waals surface area contributed by atoms with Gasteiger partial charge in [-0.05, 0) is 17.9 Å². The van der Waals surface area contributed by atoms with E-state index in [4.69, 9.17) is 0 Å². The van der Waals surface area contributed by atoms with Crippen LogP contribution >= 0.6 is 0 Å². The lowest BCUT2D eigenvalue weighted by Crippen LogP contribution is -1.96. The Labute approximate surface area is 58.2 Å². The van der Waals surface area contributed by atoms with E-state index >= 15 is 0 Å². The molecule has 4 nitrogen and oxygen atoms in total. The highest BCUT2D eigenvalue weighted by Crippen LogP contribution is 2.16. The molecule has 1 heterocycles. The van der Waals surface area contributed by atoms with E-state index in [9.17, 15) is 10.1 Å². The van der Waals surface area contributed by atoms with Crippen molar-refractivity contribution in [1.82, 2.24) is 4.57 Å². The minimum atomic E-state index is -0.380. The summed E-state index contributed by atoms with van der Waals surface area (Å²) in [4.78, 5) is 9.91. The van der Waals surface area contributed by atoms with E-state index in [-0.39, 0.29) is 10.7 Å². The summed E-state index contributed by atoms with van der Waals surface area (Å²) in [5.74, 6) is 0.167. The topological polar surface area (TPSA) is 48.1 Å². The van der Waals surface area contributed by atoms with Crippen molar-refractivity contribution >= 4 is 5.82 Å². The molecular formula is C6H8N2O2. The van der Waals surface area contributed by atoms with Crippen LogP contribution in [0.25, 0.3) is 0 Å². The predicted octanol–water partition coefficient (Wildman–Crippen LogP) is 1.24. The van der Waals surface area contributed by atoms with Gasteiger partial charge in [-0.3, -0.25) is 0 Å². The first-order chi connectivity index (χ1) is 4.63. The molecule has 0 saturated carbocycles. The van der Waals surface area contributed by atoms with Crippen molar-refractivity contribution < 1.29 is 4.92 Å². The fourth-order valence-electron chi connectivity index (χ4n) is 0.920. The summed E-state index contributed by atoms with van der Waals surface area (Å²) in [6.45, 7) is 1.72. The quantitative estimate of drug-likeness (QED) is 0.435. The second-order valence-electron chi connectivity index (χ2n) is 2.19. The Morgan fingerprint density at radius 2 is 2.30 bits per heavy atom. The molecule has 10 heavy (non-hydrogen) atoms. The van der Waals surface area contributed by atoms with Crippen molar-refractivity contribution in [1.29, 1.82) is 0 Å². The highest BCUT2D eigenvalue weighted by atomic mass is 16.6. The molecule has 4 heteroatoms.